The summed E-state index contributed by atoms with van der Waals surface area (Å²) >= 11 is 0. The molecular weight excluding hydrogens is 286 g/mol. The molecule has 0 aliphatic carbocycles. The second-order valence-electron chi connectivity index (χ2n) is 5.04. The number of carbonyl (C=O) groups is 1. The number of hydrogen-bond acceptors (Lipinski definition) is 2. The number of halogens is 2. The van der Waals surface area contributed by atoms with E-state index in [1.54, 1.807) is 0 Å². The number of amides is 1. The van der Waals surface area contributed by atoms with Gasteiger partial charge in [0.15, 0.2) is 0 Å². The Bertz CT molecular complexity index is 639. The van der Waals surface area contributed by atoms with E-state index in [9.17, 15) is 13.6 Å². The Morgan fingerprint density at radius 3 is 2.45 bits per heavy atom. The van der Waals surface area contributed by atoms with Gasteiger partial charge in [-0.3, -0.25) is 4.79 Å². The van der Waals surface area contributed by atoms with E-state index < -0.39 is 11.6 Å². The van der Waals surface area contributed by atoms with E-state index in [1.165, 1.54) is 11.1 Å². The molecule has 22 heavy (non-hydrogen) atoms. The van der Waals surface area contributed by atoms with Gasteiger partial charge in [-0.25, -0.2) is 8.78 Å². The van der Waals surface area contributed by atoms with Gasteiger partial charge >= 0.3 is 0 Å². The Morgan fingerprint density at radius 1 is 1.09 bits per heavy atom. The number of rotatable bonds is 6. The molecule has 0 bridgehead atoms. The van der Waals surface area contributed by atoms with Crippen LogP contribution in [-0.4, -0.2) is 19.0 Å². The zero-order valence-electron chi connectivity index (χ0n) is 12.3. The molecule has 2 aromatic rings. The fraction of sp³-hybridized carbons (Fsp3) is 0.235. The number of carbonyl (C=O) groups excluding carboxylic acids is 1. The van der Waals surface area contributed by atoms with Crippen LogP contribution in [-0.2, 0) is 11.2 Å². The van der Waals surface area contributed by atoms with Crippen molar-refractivity contribution in [2.24, 2.45) is 0 Å². The molecule has 0 saturated heterocycles. The molecule has 2 rings (SSSR count). The molecule has 0 spiro atoms. The highest BCUT2D eigenvalue weighted by molar-refractivity contribution is 5.80. The zero-order valence-corrected chi connectivity index (χ0v) is 12.3. The summed E-state index contributed by atoms with van der Waals surface area (Å²) in [5.74, 6) is -1.58. The highest BCUT2D eigenvalue weighted by Gasteiger charge is 2.04. The molecule has 5 heteroatoms. The van der Waals surface area contributed by atoms with Crippen LogP contribution in [0.2, 0.25) is 0 Å². The lowest BCUT2D eigenvalue weighted by Gasteiger charge is -2.09. The van der Waals surface area contributed by atoms with Crippen LogP contribution in [0.1, 0.15) is 11.1 Å². The quantitative estimate of drug-likeness (QED) is 0.861. The maximum Gasteiger partial charge on any atom is 0.239 e. The Morgan fingerprint density at radius 2 is 1.77 bits per heavy atom. The molecule has 0 radical (unpaired) electrons. The third kappa shape index (κ3) is 4.84. The molecule has 0 aliphatic rings. The van der Waals surface area contributed by atoms with Gasteiger partial charge in [-0.15, -0.1) is 0 Å². The lowest BCUT2D eigenvalue weighted by Crippen LogP contribution is -2.31. The molecule has 116 valence electrons. The van der Waals surface area contributed by atoms with Gasteiger partial charge in [-0.2, -0.15) is 0 Å². The number of anilines is 1. The Labute approximate surface area is 128 Å². The normalized spacial score (nSPS) is 10.3. The molecule has 2 N–H and O–H groups in total. The lowest BCUT2D eigenvalue weighted by atomic mass is 10.1. The minimum Gasteiger partial charge on any atom is -0.376 e. The van der Waals surface area contributed by atoms with Gasteiger partial charge < -0.3 is 10.6 Å². The molecular formula is C17H18F2N2O. The van der Waals surface area contributed by atoms with Crippen molar-refractivity contribution in [3.63, 3.8) is 0 Å². The number of benzene rings is 2. The molecule has 3 nitrogen and oxygen atoms in total. The first-order valence-corrected chi connectivity index (χ1v) is 7.06. The summed E-state index contributed by atoms with van der Waals surface area (Å²) in [7, 11) is 0. The summed E-state index contributed by atoms with van der Waals surface area (Å²) in [6.07, 6.45) is 0.743. The lowest BCUT2D eigenvalue weighted by molar-refractivity contribution is -0.119. The van der Waals surface area contributed by atoms with Gasteiger partial charge in [0.2, 0.25) is 5.91 Å². The van der Waals surface area contributed by atoms with Gasteiger partial charge in [0.25, 0.3) is 0 Å². The zero-order chi connectivity index (χ0) is 15.9. The van der Waals surface area contributed by atoms with E-state index in [-0.39, 0.29) is 18.1 Å². The minimum absolute atomic E-state index is 0.0311. The molecule has 1 amide bonds. The van der Waals surface area contributed by atoms with Gasteiger partial charge in [-0.1, -0.05) is 24.3 Å². The average Bonchev–Trinajstić information content (AvgIpc) is 2.46. The van der Waals surface area contributed by atoms with Crippen molar-refractivity contribution in [1.29, 1.82) is 0 Å². The van der Waals surface area contributed by atoms with E-state index in [2.05, 4.69) is 10.6 Å². The van der Waals surface area contributed by atoms with Crippen LogP contribution >= 0.6 is 0 Å². The van der Waals surface area contributed by atoms with Crippen LogP contribution in [0.5, 0.6) is 0 Å². The fourth-order valence-electron chi connectivity index (χ4n) is 2.13. The van der Waals surface area contributed by atoms with Crippen molar-refractivity contribution >= 4 is 11.6 Å². The van der Waals surface area contributed by atoms with Crippen LogP contribution < -0.4 is 10.6 Å². The third-order valence-corrected chi connectivity index (χ3v) is 3.29. The molecule has 0 atom stereocenters. The molecule has 0 aromatic heterocycles. The standard InChI is InChI=1S/C17H18F2N2O/c1-12-4-2-3-5-13(12)6-7-20-17(22)11-21-16-9-14(18)8-15(19)10-16/h2-5,8-10,21H,6-7,11H2,1H3,(H,20,22). The molecule has 0 fully saturated rings. The molecule has 2 aromatic carbocycles. The summed E-state index contributed by atoms with van der Waals surface area (Å²) < 4.78 is 26.0. The van der Waals surface area contributed by atoms with E-state index in [0.717, 1.165) is 24.6 Å². The van der Waals surface area contributed by atoms with Crippen LogP contribution in [0.25, 0.3) is 0 Å². The summed E-state index contributed by atoms with van der Waals surface area (Å²) in [5.41, 5.74) is 2.61. The summed E-state index contributed by atoms with van der Waals surface area (Å²) in [6, 6.07) is 11.1. The first-order valence-electron chi connectivity index (χ1n) is 7.06. The smallest absolute Gasteiger partial charge is 0.239 e. The van der Waals surface area contributed by atoms with Crippen LogP contribution in [0.4, 0.5) is 14.5 Å². The van der Waals surface area contributed by atoms with Crippen LogP contribution in [0.3, 0.4) is 0 Å². The maximum absolute atomic E-state index is 13.0. The minimum atomic E-state index is -0.678. The van der Waals surface area contributed by atoms with Gasteiger partial charge in [0, 0.05) is 18.3 Å². The Balaban J connectivity index is 1.75. The van der Waals surface area contributed by atoms with Crippen LogP contribution in [0.15, 0.2) is 42.5 Å². The number of nitrogens with one attached hydrogen (secondary N) is 2. The Hall–Kier alpha value is -2.43. The van der Waals surface area contributed by atoms with E-state index >= 15 is 0 Å². The van der Waals surface area contributed by atoms with Crippen molar-refractivity contribution in [1.82, 2.24) is 5.32 Å². The second kappa shape index (κ2) is 7.54. The largest absolute Gasteiger partial charge is 0.376 e. The van der Waals surface area contributed by atoms with Gasteiger partial charge in [-0.05, 0) is 36.6 Å². The predicted molar refractivity (Wildman–Crippen MR) is 82.7 cm³/mol. The van der Waals surface area contributed by atoms with E-state index in [0.29, 0.717) is 6.54 Å². The van der Waals surface area contributed by atoms with E-state index in [4.69, 9.17) is 0 Å². The topological polar surface area (TPSA) is 41.1 Å². The van der Waals surface area contributed by atoms with Crippen molar-refractivity contribution in [2.45, 2.75) is 13.3 Å². The molecule has 0 aliphatic heterocycles. The number of hydrogen-bond donors (Lipinski definition) is 2. The average molecular weight is 304 g/mol. The number of aryl methyl sites for hydroxylation is 1. The second-order valence-corrected chi connectivity index (χ2v) is 5.04. The molecule has 0 unspecified atom stereocenters. The SMILES string of the molecule is Cc1ccccc1CCNC(=O)CNc1cc(F)cc(F)c1. The first-order chi connectivity index (χ1) is 10.5. The highest BCUT2D eigenvalue weighted by atomic mass is 19.1. The fourth-order valence-corrected chi connectivity index (χ4v) is 2.13. The highest BCUT2D eigenvalue weighted by Crippen LogP contribution is 2.12. The summed E-state index contributed by atoms with van der Waals surface area (Å²) in [4.78, 5) is 11.7. The molecule has 0 saturated carbocycles. The van der Waals surface area contributed by atoms with Crippen molar-refractivity contribution in [3.05, 3.63) is 65.2 Å². The van der Waals surface area contributed by atoms with Crippen molar-refractivity contribution in [2.75, 3.05) is 18.4 Å². The van der Waals surface area contributed by atoms with Gasteiger partial charge in [0.05, 0.1) is 6.54 Å². The van der Waals surface area contributed by atoms with Crippen LogP contribution in [0, 0.1) is 18.6 Å². The molecule has 0 heterocycles. The third-order valence-electron chi connectivity index (χ3n) is 3.29. The Kier molecular flexibility index (Phi) is 5.47. The maximum atomic E-state index is 13.0. The summed E-state index contributed by atoms with van der Waals surface area (Å²) in [5, 5.41) is 5.46. The van der Waals surface area contributed by atoms with E-state index in [1.807, 2.05) is 31.2 Å². The predicted octanol–water partition coefficient (Wildman–Crippen LogP) is 3.04. The monoisotopic (exact) mass is 304 g/mol. The van der Waals surface area contributed by atoms with Crippen molar-refractivity contribution in [3.8, 4) is 0 Å². The first kappa shape index (κ1) is 15.9. The summed E-state index contributed by atoms with van der Waals surface area (Å²) in [6.45, 7) is 2.51. The van der Waals surface area contributed by atoms with Gasteiger partial charge in [0.1, 0.15) is 11.6 Å². The van der Waals surface area contributed by atoms with Crippen molar-refractivity contribution < 1.29 is 13.6 Å².